The van der Waals surface area contributed by atoms with Crippen LogP contribution >= 0.6 is 0 Å². The Kier molecular flexibility index (Phi) is 2.06. The van der Waals surface area contributed by atoms with Crippen LogP contribution in [0.3, 0.4) is 0 Å². The number of rotatable bonds is 1. The van der Waals surface area contributed by atoms with Crippen LogP contribution in [-0.2, 0) is 4.79 Å². The van der Waals surface area contributed by atoms with Crippen LogP contribution in [0.5, 0.6) is 0 Å². The molecule has 0 fully saturated rings. The standard InChI is InChI=1S/C12H15NO/c1-12(2)6-5-11(14)9(8-12)10-4-3-7-13-10/h3-7,9,13H,8H2,1-2H3. The minimum absolute atomic E-state index is 0.0185. The first-order valence-electron chi connectivity index (χ1n) is 4.95. The van der Waals surface area contributed by atoms with E-state index in [-0.39, 0.29) is 17.1 Å². The predicted octanol–water partition coefficient (Wildman–Crippen LogP) is 2.65. The van der Waals surface area contributed by atoms with Crippen molar-refractivity contribution in [2.24, 2.45) is 5.41 Å². The Morgan fingerprint density at radius 3 is 2.93 bits per heavy atom. The van der Waals surface area contributed by atoms with Crippen LogP contribution in [-0.4, -0.2) is 10.8 Å². The number of ketones is 1. The van der Waals surface area contributed by atoms with E-state index in [1.54, 1.807) is 6.08 Å². The highest BCUT2D eigenvalue weighted by atomic mass is 16.1. The van der Waals surface area contributed by atoms with Crippen molar-refractivity contribution in [2.75, 3.05) is 0 Å². The maximum absolute atomic E-state index is 11.7. The highest BCUT2D eigenvalue weighted by Crippen LogP contribution is 2.36. The normalized spacial score (nSPS) is 25.3. The van der Waals surface area contributed by atoms with Crippen molar-refractivity contribution >= 4 is 5.78 Å². The third-order valence-electron chi connectivity index (χ3n) is 2.77. The van der Waals surface area contributed by atoms with Crippen LogP contribution in [0.4, 0.5) is 0 Å². The van der Waals surface area contributed by atoms with Crippen molar-refractivity contribution in [2.45, 2.75) is 26.2 Å². The van der Waals surface area contributed by atoms with Crippen molar-refractivity contribution in [1.82, 2.24) is 4.98 Å². The topological polar surface area (TPSA) is 32.9 Å². The van der Waals surface area contributed by atoms with Crippen LogP contribution in [0.1, 0.15) is 31.9 Å². The maximum atomic E-state index is 11.7. The first-order chi connectivity index (χ1) is 6.58. The molecular formula is C12H15NO. The first-order valence-corrected chi connectivity index (χ1v) is 4.95. The van der Waals surface area contributed by atoms with Gasteiger partial charge in [0.1, 0.15) is 0 Å². The Hall–Kier alpha value is -1.31. The van der Waals surface area contributed by atoms with Gasteiger partial charge in [0.2, 0.25) is 0 Å². The van der Waals surface area contributed by atoms with Gasteiger partial charge in [-0.05, 0) is 30.0 Å². The molecule has 1 aliphatic carbocycles. The van der Waals surface area contributed by atoms with Gasteiger partial charge >= 0.3 is 0 Å². The molecule has 1 atom stereocenters. The van der Waals surface area contributed by atoms with E-state index < -0.39 is 0 Å². The molecule has 2 rings (SSSR count). The highest BCUT2D eigenvalue weighted by molar-refractivity contribution is 5.96. The van der Waals surface area contributed by atoms with Gasteiger partial charge in [0.15, 0.2) is 5.78 Å². The smallest absolute Gasteiger partial charge is 0.164 e. The molecule has 1 N–H and O–H groups in total. The average molecular weight is 189 g/mol. The summed E-state index contributed by atoms with van der Waals surface area (Å²) in [5.74, 6) is 0.233. The molecule has 0 saturated carbocycles. The third-order valence-corrected chi connectivity index (χ3v) is 2.77. The maximum Gasteiger partial charge on any atom is 0.164 e. The molecule has 1 aliphatic rings. The van der Waals surface area contributed by atoms with E-state index in [0.29, 0.717) is 0 Å². The van der Waals surface area contributed by atoms with E-state index in [2.05, 4.69) is 18.8 Å². The number of hydrogen-bond donors (Lipinski definition) is 1. The third kappa shape index (κ3) is 1.65. The van der Waals surface area contributed by atoms with Crippen LogP contribution in [0.2, 0.25) is 0 Å². The van der Waals surface area contributed by atoms with Crippen LogP contribution in [0, 0.1) is 5.41 Å². The van der Waals surface area contributed by atoms with Gasteiger partial charge in [-0.2, -0.15) is 0 Å². The second-order valence-electron chi connectivity index (χ2n) is 4.61. The molecule has 14 heavy (non-hydrogen) atoms. The molecule has 0 radical (unpaired) electrons. The summed E-state index contributed by atoms with van der Waals surface area (Å²) in [5, 5.41) is 0. The lowest BCUT2D eigenvalue weighted by molar-refractivity contribution is -0.117. The fraction of sp³-hybridized carbons (Fsp3) is 0.417. The van der Waals surface area contributed by atoms with Gasteiger partial charge in [0, 0.05) is 11.9 Å². The number of nitrogens with one attached hydrogen (secondary N) is 1. The van der Waals surface area contributed by atoms with Crippen molar-refractivity contribution in [3.05, 3.63) is 36.2 Å². The van der Waals surface area contributed by atoms with Gasteiger partial charge < -0.3 is 4.98 Å². The lowest BCUT2D eigenvalue weighted by atomic mass is 9.75. The number of hydrogen-bond acceptors (Lipinski definition) is 1. The molecule has 74 valence electrons. The Morgan fingerprint density at radius 1 is 1.50 bits per heavy atom. The van der Waals surface area contributed by atoms with E-state index in [1.165, 1.54) is 0 Å². The molecule has 2 heteroatoms. The molecule has 0 aromatic carbocycles. The number of aromatic amines is 1. The summed E-state index contributed by atoms with van der Waals surface area (Å²) in [4.78, 5) is 14.8. The van der Waals surface area contributed by atoms with E-state index in [9.17, 15) is 4.79 Å². The van der Waals surface area contributed by atoms with Crippen LogP contribution < -0.4 is 0 Å². The zero-order valence-electron chi connectivity index (χ0n) is 8.58. The molecule has 1 aromatic rings. The molecule has 0 bridgehead atoms. The monoisotopic (exact) mass is 189 g/mol. The Bertz CT molecular complexity index is 360. The number of carbonyl (C=O) groups excluding carboxylic acids is 1. The lowest BCUT2D eigenvalue weighted by Crippen LogP contribution is -2.24. The molecule has 1 aromatic heterocycles. The molecule has 1 heterocycles. The fourth-order valence-corrected chi connectivity index (χ4v) is 1.94. The van der Waals surface area contributed by atoms with E-state index in [0.717, 1.165) is 12.1 Å². The van der Waals surface area contributed by atoms with Crippen molar-refractivity contribution < 1.29 is 4.79 Å². The predicted molar refractivity (Wildman–Crippen MR) is 56.1 cm³/mol. The van der Waals surface area contributed by atoms with Gasteiger partial charge in [-0.3, -0.25) is 4.79 Å². The van der Waals surface area contributed by atoms with Crippen LogP contribution in [0.15, 0.2) is 30.5 Å². The van der Waals surface area contributed by atoms with Crippen molar-refractivity contribution in [3.63, 3.8) is 0 Å². The minimum atomic E-state index is 0.0185. The van der Waals surface area contributed by atoms with Crippen LogP contribution in [0.25, 0.3) is 0 Å². The number of carbonyl (C=O) groups is 1. The molecule has 0 aliphatic heterocycles. The SMILES string of the molecule is CC1(C)C=CC(=O)C(c2ccc[nH]2)C1. The Balaban J connectivity index is 2.30. The quantitative estimate of drug-likeness (QED) is 0.723. The van der Waals surface area contributed by atoms with Gasteiger partial charge in [0.25, 0.3) is 0 Å². The zero-order chi connectivity index (χ0) is 10.2. The molecule has 0 amide bonds. The molecular weight excluding hydrogens is 174 g/mol. The van der Waals surface area contributed by atoms with Gasteiger partial charge in [-0.25, -0.2) is 0 Å². The summed E-state index contributed by atoms with van der Waals surface area (Å²) in [5.41, 5.74) is 1.16. The second kappa shape index (κ2) is 3.12. The summed E-state index contributed by atoms with van der Waals surface area (Å²) in [6.45, 7) is 4.32. The number of aromatic nitrogens is 1. The zero-order valence-corrected chi connectivity index (χ0v) is 8.58. The van der Waals surface area contributed by atoms with Gasteiger partial charge in [0.05, 0.1) is 5.92 Å². The molecule has 0 spiro atoms. The lowest BCUT2D eigenvalue weighted by Gasteiger charge is -2.28. The fourth-order valence-electron chi connectivity index (χ4n) is 1.94. The number of allylic oxidation sites excluding steroid dienone is 2. The Labute approximate surface area is 84.0 Å². The van der Waals surface area contributed by atoms with Gasteiger partial charge in [-0.1, -0.05) is 19.9 Å². The Morgan fingerprint density at radius 2 is 2.29 bits per heavy atom. The summed E-state index contributed by atoms with van der Waals surface area (Å²) < 4.78 is 0. The second-order valence-corrected chi connectivity index (χ2v) is 4.61. The summed E-state index contributed by atoms with van der Waals surface area (Å²) in [6, 6.07) is 3.92. The van der Waals surface area contributed by atoms with Gasteiger partial charge in [-0.15, -0.1) is 0 Å². The minimum Gasteiger partial charge on any atom is -0.364 e. The van der Waals surface area contributed by atoms with Crippen molar-refractivity contribution in [3.8, 4) is 0 Å². The van der Waals surface area contributed by atoms with E-state index in [4.69, 9.17) is 0 Å². The molecule has 0 saturated heterocycles. The molecule has 2 nitrogen and oxygen atoms in total. The molecule has 1 unspecified atom stereocenters. The van der Waals surface area contributed by atoms with E-state index in [1.807, 2.05) is 24.4 Å². The summed E-state index contributed by atoms with van der Waals surface area (Å²) in [6.07, 6.45) is 6.49. The number of H-pyrrole nitrogens is 1. The van der Waals surface area contributed by atoms with Crippen molar-refractivity contribution in [1.29, 1.82) is 0 Å². The average Bonchev–Trinajstić information content (AvgIpc) is 2.62. The first kappa shape index (κ1) is 9.25. The largest absolute Gasteiger partial charge is 0.364 e. The summed E-state index contributed by atoms with van der Waals surface area (Å²) in [7, 11) is 0. The van der Waals surface area contributed by atoms with E-state index >= 15 is 0 Å². The summed E-state index contributed by atoms with van der Waals surface area (Å²) >= 11 is 0. The highest BCUT2D eigenvalue weighted by Gasteiger charge is 2.30.